The van der Waals surface area contributed by atoms with Crippen LogP contribution in [0.25, 0.3) is 0 Å². The Hall–Kier alpha value is -0.690. The normalized spacial score (nSPS) is 19.7. The molecule has 0 aliphatic carbocycles. The van der Waals surface area contributed by atoms with Crippen molar-refractivity contribution in [3.05, 3.63) is 29.6 Å². The van der Waals surface area contributed by atoms with E-state index >= 15 is 0 Å². The number of halogens is 2. The largest absolute Gasteiger partial charge is 0.377 e. The molecule has 1 fully saturated rings. The molecule has 0 N–H and O–H groups in total. The van der Waals surface area contributed by atoms with Crippen LogP contribution in [-0.2, 0) is 20.6 Å². The molecule has 0 aromatic heterocycles. The van der Waals surface area contributed by atoms with Crippen molar-refractivity contribution in [2.45, 2.75) is 29.7 Å². The number of alkyl halides is 1. The van der Waals surface area contributed by atoms with Gasteiger partial charge in [0.25, 0.3) is 0 Å². The summed E-state index contributed by atoms with van der Waals surface area (Å²) in [5.74, 6) is -0.578. The van der Waals surface area contributed by atoms with Gasteiger partial charge >= 0.3 is 0 Å². The molecule has 1 heterocycles. The van der Waals surface area contributed by atoms with Crippen molar-refractivity contribution in [1.29, 1.82) is 0 Å². The average Bonchev–Trinajstić information content (AvgIpc) is 2.91. The van der Waals surface area contributed by atoms with Crippen molar-refractivity contribution < 1.29 is 17.5 Å². The predicted octanol–water partition coefficient (Wildman–Crippen LogP) is 2.36. The second-order valence-corrected chi connectivity index (χ2v) is 7.09. The minimum Gasteiger partial charge on any atom is -0.377 e. The number of hydrogen-bond donors (Lipinski definition) is 0. The molecule has 1 aromatic rings. The highest BCUT2D eigenvalue weighted by Crippen LogP contribution is 2.23. The third-order valence-corrected chi connectivity index (χ3v) is 5.54. The van der Waals surface area contributed by atoms with Crippen LogP contribution >= 0.6 is 11.6 Å². The van der Waals surface area contributed by atoms with Crippen LogP contribution in [0, 0.1) is 5.82 Å². The lowest BCUT2D eigenvalue weighted by Gasteiger charge is -2.21. The number of rotatable bonds is 5. The molecule has 0 spiro atoms. The first-order valence-electron chi connectivity index (χ1n) is 6.37. The van der Waals surface area contributed by atoms with Crippen molar-refractivity contribution in [1.82, 2.24) is 4.31 Å². The Bertz CT molecular complexity index is 573. The second-order valence-electron chi connectivity index (χ2n) is 4.81. The number of ether oxygens (including phenoxy) is 1. The Kier molecular flexibility index (Phi) is 5.01. The van der Waals surface area contributed by atoms with Gasteiger partial charge in [-0.25, -0.2) is 12.8 Å². The first kappa shape index (κ1) is 15.7. The van der Waals surface area contributed by atoms with Gasteiger partial charge < -0.3 is 4.74 Å². The Labute approximate surface area is 123 Å². The van der Waals surface area contributed by atoms with Crippen molar-refractivity contribution >= 4 is 21.6 Å². The molecule has 0 saturated carbocycles. The zero-order valence-electron chi connectivity index (χ0n) is 11.2. The van der Waals surface area contributed by atoms with Gasteiger partial charge in [-0.3, -0.25) is 0 Å². The lowest BCUT2D eigenvalue weighted by atomic mass is 10.2. The van der Waals surface area contributed by atoms with Gasteiger partial charge in [0, 0.05) is 26.1 Å². The van der Waals surface area contributed by atoms with E-state index in [1.807, 2.05) is 0 Å². The van der Waals surface area contributed by atoms with Crippen LogP contribution in [0.5, 0.6) is 0 Å². The van der Waals surface area contributed by atoms with E-state index in [-0.39, 0.29) is 23.4 Å². The lowest BCUT2D eigenvalue weighted by Crippen LogP contribution is -2.34. The summed E-state index contributed by atoms with van der Waals surface area (Å²) in [6.07, 6.45) is 1.68. The van der Waals surface area contributed by atoms with Gasteiger partial charge in [-0.15, -0.1) is 11.6 Å². The van der Waals surface area contributed by atoms with E-state index in [1.54, 1.807) is 0 Å². The molecular formula is C13H17ClFNO3S. The molecule has 1 saturated heterocycles. The van der Waals surface area contributed by atoms with E-state index in [0.29, 0.717) is 12.2 Å². The number of nitrogens with zero attached hydrogens (tertiary/aromatic N) is 1. The topological polar surface area (TPSA) is 46.6 Å². The SMILES string of the molecule is CN(CC1CCCO1)S(=O)(=O)c1cc(F)ccc1CCl. The van der Waals surface area contributed by atoms with Crippen LogP contribution in [0.15, 0.2) is 23.1 Å². The van der Waals surface area contributed by atoms with Crippen LogP contribution in [0.2, 0.25) is 0 Å². The second kappa shape index (κ2) is 6.39. The summed E-state index contributed by atoms with van der Waals surface area (Å²) in [5.41, 5.74) is 0.396. The molecule has 0 radical (unpaired) electrons. The zero-order valence-corrected chi connectivity index (χ0v) is 12.8. The molecule has 0 bridgehead atoms. The number of sulfonamides is 1. The Morgan fingerprint density at radius 3 is 2.85 bits per heavy atom. The highest BCUT2D eigenvalue weighted by Gasteiger charge is 2.28. The van der Waals surface area contributed by atoms with Gasteiger partial charge in [-0.2, -0.15) is 4.31 Å². The highest BCUT2D eigenvalue weighted by atomic mass is 35.5. The Balaban J connectivity index is 2.26. The Morgan fingerprint density at radius 2 is 2.25 bits per heavy atom. The first-order chi connectivity index (χ1) is 9.45. The van der Waals surface area contributed by atoms with Crippen LogP contribution in [0.3, 0.4) is 0 Å². The minimum absolute atomic E-state index is 0.0165. The van der Waals surface area contributed by atoms with E-state index in [9.17, 15) is 12.8 Å². The molecule has 20 heavy (non-hydrogen) atoms. The molecular weight excluding hydrogens is 305 g/mol. The zero-order chi connectivity index (χ0) is 14.8. The number of hydrogen-bond acceptors (Lipinski definition) is 3. The molecule has 4 nitrogen and oxygen atoms in total. The fourth-order valence-electron chi connectivity index (χ4n) is 2.22. The van der Waals surface area contributed by atoms with Gasteiger partial charge in [-0.05, 0) is 30.5 Å². The summed E-state index contributed by atoms with van der Waals surface area (Å²) in [6, 6.07) is 3.62. The van der Waals surface area contributed by atoms with Crippen LogP contribution < -0.4 is 0 Å². The molecule has 1 aromatic carbocycles. The highest BCUT2D eigenvalue weighted by molar-refractivity contribution is 7.89. The van der Waals surface area contributed by atoms with Crippen LogP contribution in [-0.4, -0.2) is 39.0 Å². The molecule has 112 valence electrons. The van der Waals surface area contributed by atoms with E-state index in [0.717, 1.165) is 18.9 Å². The summed E-state index contributed by atoms with van der Waals surface area (Å²) in [4.78, 5) is -0.0759. The Morgan fingerprint density at radius 1 is 1.50 bits per heavy atom. The summed E-state index contributed by atoms with van der Waals surface area (Å²) < 4.78 is 45.0. The van der Waals surface area contributed by atoms with Crippen LogP contribution in [0.4, 0.5) is 4.39 Å². The summed E-state index contributed by atoms with van der Waals surface area (Å²) in [7, 11) is -2.29. The standard InChI is InChI=1S/C13H17ClFNO3S/c1-16(9-12-3-2-6-19-12)20(17,18)13-7-11(15)5-4-10(13)8-14/h4-5,7,12H,2-3,6,8-9H2,1H3. The van der Waals surface area contributed by atoms with Gasteiger partial charge in [0.2, 0.25) is 10.0 Å². The van der Waals surface area contributed by atoms with Gasteiger partial charge in [0.05, 0.1) is 11.0 Å². The van der Waals surface area contributed by atoms with Gasteiger partial charge in [0.15, 0.2) is 0 Å². The third kappa shape index (κ3) is 3.31. The number of likely N-dealkylation sites (N-methyl/N-ethyl adjacent to an activating group) is 1. The maximum atomic E-state index is 13.3. The van der Waals surface area contributed by atoms with Crippen molar-refractivity contribution in [2.75, 3.05) is 20.2 Å². The summed E-state index contributed by atoms with van der Waals surface area (Å²) >= 11 is 5.74. The van der Waals surface area contributed by atoms with E-state index in [2.05, 4.69) is 0 Å². The molecule has 1 atom stereocenters. The fourth-order valence-corrected chi connectivity index (χ4v) is 3.96. The number of benzene rings is 1. The fraction of sp³-hybridized carbons (Fsp3) is 0.538. The monoisotopic (exact) mass is 321 g/mol. The van der Waals surface area contributed by atoms with Crippen LogP contribution in [0.1, 0.15) is 18.4 Å². The minimum atomic E-state index is -3.76. The average molecular weight is 322 g/mol. The van der Waals surface area contributed by atoms with Gasteiger partial charge in [0.1, 0.15) is 5.82 Å². The van der Waals surface area contributed by atoms with Crippen molar-refractivity contribution in [2.24, 2.45) is 0 Å². The van der Waals surface area contributed by atoms with Crippen molar-refractivity contribution in [3.63, 3.8) is 0 Å². The molecule has 2 rings (SSSR count). The van der Waals surface area contributed by atoms with E-state index in [4.69, 9.17) is 16.3 Å². The van der Waals surface area contributed by atoms with Crippen molar-refractivity contribution in [3.8, 4) is 0 Å². The molecule has 7 heteroatoms. The summed E-state index contributed by atoms with van der Waals surface area (Å²) in [5, 5.41) is 0. The predicted molar refractivity (Wildman–Crippen MR) is 74.7 cm³/mol. The van der Waals surface area contributed by atoms with Gasteiger partial charge in [-0.1, -0.05) is 6.07 Å². The molecule has 1 aliphatic rings. The molecule has 0 amide bonds. The maximum Gasteiger partial charge on any atom is 0.243 e. The maximum absolute atomic E-state index is 13.3. The smallest absolute Gasteiger partial charge is 0.243 e. The van der Waals surface area contributed by atoms with E-state index < -0.39 is 15.8 Å². The quantitative estimate of drug-likeness (QED) is 0.782. The van der Waals surface area contributed by atoms with E-state index in [1.165, 1.54) is 23.5 Å². The molecule has 1 aliphatic heterocycles. The third-order valence-electron chi connectivity index (χ3n) is 3.35. The lowest BCUT2D eigenvalue weighted by molar-refractivity contribution is 0.0979. The first-order valence-corrected chi connectivity index (χ1v) is 8.35. The molecule has 1 unspecified atom stereocenters. The summed E-state index contributed by atoms with van der Waals surface area (Å²) in [6.45, 7) is 0.923.